The Balaban J connectivity index is 1.90. The minimum absolute atomic E-state index is 0.250. The third kappa shape index (κ3) is 2.20. The summed E-state index contributed by atoms with van der Waals surface area (Å²) in [5.41, 5.74) is 0.684. The maximum absolute atomic E-state index is 5.89. The number of fused-ring (bicyclic) bond motifs is 1. The van der Waals surface area contributed by atoms with E-state index in [4.69, 9.17) is 11.6 Å². The van der Waals surface area contributed by atoms with Crippen LogP contribution in [0.4, 0.5) is 5.82 Å². The fourth-order valence-corrected chi connectivity index (χ4v) is 2.53. The number of aromatic nitrogens is 4. The summed E-state index contributed by atoms with van der Waals surface area (Å²) >= 11 is 5.89. The minimum atomic E-state index is 0.250. The lowest BCUT2D eigenvalue weighted by molar-refractivity contribution is 0.462. The van der Waals surface area contributed by atoms with Gasteiger partial charge in [0.2, 0.25) is 5.28 Å². The van der Waals surface area contributed by atoms with Crippen molar-refractivity contribution in [3.8, 4) is 0 Å². The zero-order valence-corrected chi connectivity index (χ0v) is 10.2. The molecule has 2 heterocycles. The van der Waals surface area contributed by atoms with Crippen molar-refractivity contribution in [2.75, 3.05) is 5.32 Å². The van der Waals surface area contributed by atoms with E-state index in [1.165, 1.54) is 32.1 Å². The van der Waals surface area contributed by atoms with Crippen LogP contribution in [0.25, 0.3) is 11.0 Å². The van der Waals surface area contributed by atoms with E-state index >= 15 is 0 Å². The largest absolute Gasteiger partial charge is 0.367 e. The summed E-state index contributed by atoms with van der Waals surface area (Å²) in [5, 5.41) is 11.4. The van der Waals surface area contributed by atoms with Crippen LogP contribution in [0.2, 0.25) is 5.28 Å². The number of hydrogen-bond acceptors (Lipinski definition) is 4. The Kier molecular flexibility index (Phi) is 2.84. The average Bonchev–Trinajstić information content (AvgIpc) is 2.78. The first-order valence-electron chi connectivity index (χ1n) is 5.96. The molecule has 5 nitrogen and oxygen atoms in total. The van der Waals surface area contributed by atoms with Gasteiger partial charge in [0.25, 0.3) is 0 Å². The van der Waals surface area contributed by atoms with E-state index in [2.05, 4.69) is 25.5 Å². The lowest BCUT2D eigenvalue weighted by Crippen LogP contribution is -2.23. The quantitative estimate of drug-likeness (QED) is 0.806. The van der Waals surface area contributed by atoms with Crippen LogP contribution >= 0.6 is 11.6 Å². The predicted octanol–water partition coefficient (Wildman–Crippen LogP) is 2.75. The molecule has 2 N–H and O–H groups in total. The van der Waals surface area contributed by atoms with Gasteiger partial charge in [-0.25, -0.2) is 0 Å². The van der Waals surface area contributed by atoms with Crippen LogP contribution in [-0.4, -0.2) is 26.2 Å². The van der Waals surface area contributed by atoms with Gasteiger partial charge in [0, 0.05) is 6.04 Å². The monoisotopic (exact) mass is 251 g/mol. The zero-order valence-electron chi connectivity index (χ0n) is 9.41. The zero-order chi connectivity index (χ0) is 11.7. The summed E-state index contributed by atoms with van der Waals surface area (Å²) < 4.78 is 0. The maximum Gasteiger partial charge on any atom is 0.226 e. The van der Waals surface area contributed by atoms with Gasteiger partial charge < -0.3 is 5.32 Å². The molecule has 3 rings (SSSR count). The van der Waals surface area contributed by atoms with Gasteiger partial charge in [-0.15, -0.1) is 0 Å². The topological polar surface area (TPSA) is 66.5 Å². The second kappa shape index (κ2) is 4.49. The Bertz CT molecular complexity index is 518. The summed E-state index contributed by atoms with van der Waals surface area (Å²) in [6.07, 6.45) is 8.03. The summed E-state index contributed by atoms with van der Waals surface area (Å²) in [6, 6.07) is 0.493. The van der Waals surface area contributed by atoms with Crippen LogP contribution in [0.5, 0.6) is 0 Å². The third-order valence-corrected chi connectivity index (χ3v) is 3.40. The molecular formula is C11H14ClN5. The first kappa shape index (κ1) is 10.8. The molecule has 1 aliphatic rings. The molecule has 0 aliphatic heterocycles. The predicted molar refractivity (Wildman–Crippen MR) is 67.2 cm³/mol. The van der Waals surface area contributed by atoms with Gasteiger partial charge in [0.05, 0.1) is 11.6 Å². The molecule has 2 aromatic rings. The van der Waals surface area contributed by atoms with Gasteiger partial charge in [-0.2, -0.15) is 15.1 Å². The number of halogens is 1. The molecule has 0 amide bonds. The lowest BCUT2D eigenvalue weighted by Gasteiger charge is -2.23. The Labute approximate surface area is 104 Å². The Morgan fingerprint density at radius 3 is 2.88 bits per heavy atom. The Morgan fingerprint density at radius 2 is 2.06 bits per heavy atom. The highest BCUT2D eigenvalue weighted by Gasteiger charge is 2.16. The molecule has 1 aliphatic carbocycles. The molecule has 0 aromatic carbocycles. The second-order valence-electron chi connectivity index (χ2n) is 4.45. The molecule has 0 radical (unpaired) electrons. The van der Waals surface area contributed by atoms with Crippen molar-refractivity contribution >= 4 is 28.5 Å². The molecule has 0 saturated heterocycles. The van der Waals surface area contributed by atoms with Gasteiger partial charge in [-0.3, -0.25) is 5.10 Å². The summed E-state index contributed by atoms with van der Waals surface area (Å²) in [7, 11) is 0. The van der Waals surface area contributed by atoms with Crippen LogP contribution in [0.3, 0.4) is 0 Å². The van der Waals surface area contributed by atoms with Crippen LogP contribution < -0.4 is 5.32 Å². The molecule has 17 heavy (non-hydrogen) atoms. The number of H-pyrrole nitrogens is 1. The van der Waals surface area contributed by atoms with E-state index < -0.39 is 0 Å². The Hall–Kier alpha value is -1.36. The fraction of sp³-hybridized carbons (Fsp3) is 0.545. The summed E-state index contributed by atoms with van der Waals surface area (Å²) in [4.78, 5) is 8.34. The lowest BCUT2D eigenvalue weighted by atomic mass is 9.95. The van der Waals surface area contributed by atoms with Crippen molar-refractivity contribution in [3.63, 3.8) is 0 Å². The number of rotatable bonds is 2. The Morgan fingerprint density at radius 1 is 1.24 bits per heavy atom. The van der Waals surface area contributed by atoms with Gasteiger partial charge in [-0.1, -0.05) is 19.3 Å². The van der Waals surface area contributed by atoms with Crippen molar-refractivity contribution in [2.45, 2.75) is 38.1 Å². The number of nitrogens with zero attached hydrogens (tertiary/aromatic N) is 3. The normalized spacial score (nSPS) is 17.5. The molecule has 0 unspecified atom stereocenters. The highest BCUT2D eigenvalue weighted by molar-refractivity contribution is 6.28. The number of aromatic amines is 1. The standard InChI is InChI=1S/C11H14ClN5/c12-11-15-9(8-6-13-17-10(8)16-11)14-7-4-2-1-3-5-7/h6-7H,1-5H2,(H2,13,14,15,16,17). The van der Waals surface area contributed by atoms with E-state index in [0.717, 1.165) is 11.2 Å². The molecule has 6 heteroatoms. The van der Waals surface area contributed by atoms with Gasteiger partial charge in [-0.05, 0) is 24.4 Å². The molecule has 1 saturated carbocycles. The molecular weight excluding hydrogens is 238 g/mol. The smallest absolute Gasteiger partial charge is 0.226 e. The average molecular weight is 252 g/mol. The third-order valence-electron chi connectivity index (χ3n) is 3.23. The van der Waals surface area contributed by atoms with Crippen molar-refractivity contribution in [1.82, 2.24) is 20.2 Å². The number of hydrogen-bond donors (Lipinski definition) is 2. The first-order valence-corrected chi connectivity index (χ1v) is 6.34. The van der Waals surface area contributed by atoms with E-state index in [1.54, 1.807) is 6.20 Å². The van der Waals surface area contributed by atoms with Crippen LogP contribution in [0.15, 0.2) is 6.20 Å². The summed E-state index contributed by atoms with van der Waals surface area (Å²) in [6.45, 7) is 0. The molecule has 0 bridgehead atoms. The molecule has 0 spiro atoms. The first-order chi connectivity index (χ1) is 8.33. The highest BCUT2D eigenvalue weighted by Crippen LogP contribution is 2.25. The van der Waals surface area contributed by atoms with Gasteiger partial charge >= 0.3 is 0 Å². The SMILES string of the molecule is Clc1nc(NC2CCCCC2)c2cn[nH]c2n1. The highest BCUT2D eigenvalue weighted by atomic mass is 35.5. The fourth-order valence-electron chi connectivity index (χ4n) is 2.36. The summed E-state index contributed by atoms with van der Waals surface area (Å²) in [5.74, 6) is 0.792. The number of anilines is 1. The molecule has 90 valence electrons. The molecule has 2 aromatic heterocycles. The molecule has 1 fully saturated rings. The van der Waals surface area contributed by atoms with Gasteiger partial charge in [0.1, 0.15) is 5.82 Å². The second-order valence-corrected chi connectivity index (χ2v) is 4.79. The number of nitrogens with one attached hydrogen (secondary N) is 2. The van der Waals surface area contributed by atoms with Crippen molar-refractivity contribution in [1.29, 1.82) is 0 Å². The van der Waals surface area contributed by atoms with E-state index in [1.807, 2.05) is 0 Å². The van der Waals surface area contributed by atoms with Crippen LogP contribution in [0, 0.1) is 0 Å². The minimum Gasteiger partial charge on any atom is -0.367 e. The van der Waals surface area contributed by atoms with Crippen LogP contribution in [0.1, 0.15) is 32.1 Å². The van der Waals surface area contributed by atoms with Gasteiger partial charge in [0.15, 0.2) is 5.65 Å². The van der Waals surface area contributed by atoms with E-state index in [9.17, 15) is 0 Å². The van der Waals surface area contributed by atoms with Crippen molar-refractivity contribution in [2.24, 2.45) is 0 Å². The maximum atomic E-state index is 5.89. The molecule has 0 atom stereocenters. The van der Waals surface area contributed by atoms with Crippen LogP contribution in [-0.2, 0) is 0 Å². The van der Waals surface area contributed by atoms with Crippen molar-refractivity contribution < 1.29 is 0 Å². The van der Waals surface area contributed by atoms with Crippen molar-refractivity contribution in [3.05, 3.63) is 11.5 Å². The van der Waals surface area contributed by atoms with E-state index in [-0.39, 0.29) is 5.28 Å². The van der Waals surface area contributed by atoms with E-state index in [0.29, 0.717) is 11.7 Å².